The number of amides is 1. The lowest BCUT2D eigenvalue weighted by molar-refractivity contribution is -0.146. The summed E-state index contributed by atoms with van der Waals surface area (Å²) in [5, 5.41) is 0.773. The van der Waals surface area contributed by atoms with Crippen molar-refractivity contribution >= 4 is 28.5 Å². The second kappa shape index (κ2) is 10.4. The van der Waals surface area contributed by atoms with E-state index >= 15 is 0 Å². The fourth-order valence-corrected chi connectivity index (χ4v) is 5.55. The second-order valence-electron chi connectivity index (χ2n) is 9.59. The quantitative estimate of drug-likeness (QED) is 0.343. The number of carbonyl (C=O) groups excluding carboxylic acids is 2. The maximum Gasteiger partial charge on any atom is 0.336 e. The van der Waals surface area contributed by atoms with Gasteiger partial charge in [-0.25, -0.2) is 4.79 Å². The molecule has 0 aliphatic carbocycles. The van der Waals surface area contributed by atoms with Gasteiger partial charge in [0.2, 0.25) is 0 Å². The third-order valence-corrected chi connectivity index (χ3v) is 7.54. The lowest BCUT2D eigenvalue weighted by atomic mass is 9.85. The number of benzene rings is 2. The lowest BCUT2D eigenvalue weighted by Gasteiger charge is -2.43. The molecule has 5 rings (SSSR count). The van der Waals surface area contributed by atoms with Crippen LogP contribution in [-0.4, -0.2) is 74.8 Å². The normalized spacial score (nSPS) is 17.3. The number of piperidine rings is 1. The Morgan fingerprint density at radius 3 is 2.32 bits per heavy atom. The summed E-state index contributed by atoms with van der Waals surface area (Å²) in [7, 11) is 4.42. The van der Waals surface area contributed by atoms with E-state index in [4.69, 9.17) is 18.6 Å². The second-order valence-corrected chi connectivity index (χ2v) is 9.59. The van der Waals surface area contributed by atoms with Gasteiger partial charge in [0.25, 0.3) is 5.91 Å². The summed E-state index contributed by atoms with van der Waals surface area (Å²) in [6.07, 6.45) is 1.16. The van der Waals surface area contributed by atoms with Crippen molar-refractivity contribution in [3.63, 3.8) is 0 Å². The predicted molar refractivity (Wildman–Crippen MR) is 140 cm³/mol. The predicted octanol–water partition coefficient (Wildman–Crippen LogP) is 2.62. The van der Waals surface area contributed by atoms with E-state index in [-0.39, 0.29) is 12.5 Å². The first kappa shape index (κ1) is 25.6. The van der Waals surface area contributed by atoms with Crippen molar-refractivity contribution in [2.75, 3.05) is 52.5 Å². The van der Waals surface area contributed by atoms with E-state index in [2.05, 4.69) is 9.80 Å². The highest BCUT2D eigenvalue weighted by molar-refractivity contribution is 5.95. The molecule has 200 valence electrons. The Balaban J connectivity index is 1.40. The average Bonchev–Trinajstić information content (AvgIpc) is 3.20. The summed E-state index contributed by atoms with van der Waals surface area (Å²) < 4.78 is 21.1. The van der Waals surface area contributed by atoms with Gasteiger partial charge in [-0.15, -0.1) is 0 Å². The van der Waals surface area contributed by atoms with Gasteiger partial charge >= 0.3 is 11.6 Å². The minimum atomic E-state index is -0.750. The van der Waals surface area contributed by atoms with Crippen LogP contribution in [0.2, 0.25) is 0 Å². The lowest BCUT2D eigenvalue weighted by Crippen LogP contribution is -2.56. The fraction of sp³-hybridized carbons (Fsp3) is 0.393. The van der Waals surface area contributed by atoms with E-state index in [0.717, 1.165) is 16.6 Å². The van der Waals surface area contributed by atoms with Gasteiger partial charge in [0.1, 0.15) is 17.7 Å². The van der Waals surface area contributed by atoms with E-state index < -0.39 is 17.1 Å². The molecule has 1 amide bonds. The van der Waals surface area contributed by atoms with Crippen LogP contribution in [0.3, 0.4) is 0 Å². The van der Waals surface area contributed by atoms with Gasteiger partial charge in [-0.3, -0.25) is 14.5 Å². The largest absolute Gasteiger partial charge is 0.493 e. The topological polar surface area (TPSA) is 102 Å². The van der Waals surface area contributed by atoms with Crippen LogP contribution in [0.25, 0.3) is 11.0 Å². The Morgan fingerprint density at radius 2 is 1.66 bits per heavy atom. The third-order valence-electron chi connectivity index (χ3n) is 7.54. The molecule has 0 saturated carbocycles. The van der Waals surface area contributed by atoms with Crippen molar-refractivity contribution in [2.45, 2.75) is 24.9 Å². The molecule has 0 radical (unpaired) electrons. The molecule has 3 heterocycles. The van der Waals surface area contributed by atoms with Gasteiger partial charge < -0.3 is 28.4 Å². The van der Waals surface area contributed by atoms with Crippen LogP contribution in [-0.2, 0) is 20.9 Å². The number of carbonyl (C=O) groups is 2. The molecule has 0 unspecified atom stereocenters. The number of anilines is 1. The van der Waals surface area contributed by atoms with E-state index in [1.165, 1.54) is 20.3 Å². The molecule has 10 nitrogen and oxygen atoms in total. The molecule has 0 N–H and O–H groups in total. The van der Waals surface area contributed by atoms with Crippen molar-refractivity contribution in [2.24, 2.45) is 0 Å². The van der Waals surface area contributed by atoms with E-state index in [9.17, 15) is 14.4 Å². The van der Waals surface area contributed by atoms with E-state index in [0.29, 0.717) is 56.2 Å². The Bertz CT molecular complexity index is 1400. The summed E-state index contributed by atoms with van der Waals surface area (Å²) in [5.74, 6) is 0.530. The zero-order valence-electron chi connectivity index (χ0n) is 21.8. The Labute approximate surface area is 220 Å². The zero-order chi connectivity index (χ0) is 26.9. The average molecular weight is 522 g/mol. The highest BCUT2D eigenvalue weighted by Gasteiger charge is 2.54. The number of rotatable bonds is 7. The third kappa shape index (κ3) is 4.56. The monoisotopic (exact) mass is 521 g/mol. The molecule has 1 aromatic heterocycles. The van der Waals surface area contributed by atoms with Gasteiger partial charge in [0.05, 0.1) is 28.0 Å². The molecule has 2 aromatic carbocycles. The van der Waals surface area contributed by atoms with Gasteiger partial charge in [-0.1, -0.05) is 18.2 Å². The van der Waals surface area contributed by atoms with Gasteiger partial charge in [-0.2, -0.15) is 0 Å². The van der Waals surface area contributed by atoms with Gasteiger partial charge in [0.15, 0.2) is 11.5 Å². The van der Waals surface area contributed by atoms with Crippen molar-refractivity contribution in [1.29, 1.82) is 0 Å². The molecule has 38 heavy (non-hydrogen) atoms. The number of hydrogen-bond donors (Lipinski definition) is 0. The molecular weight excluding hydrogens is 490 g/mol. The Kier molecular flexibility index (Phi) is 6.98. The number of fused-ring (bicyclic) bond motifs is 1. The van der Waals surface area contributed by atoms with E-state index in [1.54, 1.807) is 18.1 Å². The van der Waals surface area contributed by atoms with Crippen LogP contribution < -0.4 is 20.0 Å². The Morgan fingerprint density at radius 1 is 0.974 bits per heavy atom. The molecule has 2 saturated heterocycles. The fourth-order valence-electron chi connectivity index (χ4n) is 5.55. The van der Waals surface area contributed by atoms with Crippen molar-refractivity contribution in [1.82, 2.24) is 9.80 Å². The molecule has 0 atom stereocenters. The summed E-state index contributed by atoms with van der Waals surface area (Å²) in [6, 6.07) is 14.8. The van der Waals surface area contributed by atoms with Crippen LogP contribution >= 0.6 is 0 Å². The number of likely N-dealkylation sites (tertiary alicyclic amines) is 1. The number of nitrogens with zero attached hydrogens (tertiary/aromatic N) is 3. The highest BCUT2D eigenvalue weighted by Crippen LogP contribution is 2.40. The SMILES string of the molecule is COC(=O)CN1CN(c2ccccc2)C2(CCN(Cc3cc(=O)oc4cc(OC)c(OC)cc34)CC2)C1=O. The molecule has 3 aromatic rings. The zero-order valence-corrected chi connectivity index (χ0v) is 21.8. The van der Waals surface area contributed by atoms with Crippen LogP contribution in [0.15, 0.2) is 57.7 Å². The van der Waals surface area contributed by atoms with E-state index in [1.807, 2.05) is 36.4 Å². The van der Waals surface area contributed by atoms with Crippen molar-refractivity contribution in [3.8, 4) is 11.5 Å². The number of methoxy groups -OCH3 is 3. The van der Waals surface area contributed by atoms with Crippen LogP contribution in [0.5, 0.6) is 11.5 Å². The highest BCUT2D eigenvalue weighted by atomic mass is 16.5. The first-order valence-corrected chi connectivity index (χ1v) is 12.5. The number of esters is 1. The Hall–Kier alpha value is -4.05. The minimum absolute atomic E-state index is 0.0611. The molecular formula is C28H31N3O7. The number of ether oxygens (including phenoxy) is 3. The van der Waals surface area contributed by atoms with Crippen LogP contribution in [0, 0.1) is 0 Å². The van der Waals surface area contributed by atoms with Gasteiger partial charge in [-0.05, 0) is 36.6 Å². The van der Waals surface area contributed by atoms with Crippen molar-refractivity contribution in [3.05, 3.63) is 64.5 Å². The molecule has 1 spiro atoms. The summed E-state index contributed by atoms with van der Waals surface area (Å²) in [6.45, 7) is 2.02. The van der Waals surface area contributed by atoms with Crippen LogP contribution in [0.1, 0.15) is 18.4 Å². The molecule has 2 aliphatic heterocycles. The van der Waals surface area contributed by atoms with Crippen LogP contribution in [0.4, 0.5) is 5.69 Å². The smallest absolute Gasteiger partial charge is 0.336 e. The molecule has 10 heteroatoms. The first-order chi connectivity index (χ1) is 18.4. The first-order valence-electron chi connectivity index (χ1n) is 12.5. The number of hydrogen-bond acceptors (Lipinski definition) is 9. The summed E-state index contributed by atoms with van der Waals surface area (Å²) >= 11 is 0. The summed E-state index contributed by atoms with van der Waals surface area (Å²) in [4.78, 5) is 44.0. The number of para-hydroxylation sites is 1. The van der Waals surface area contributed by atoms with Gasteiger partial charge in [0, 0.05) is 42.8 Å². The maximum absolute atomic E-state index is 13.7. The van der Waals surface area contributed by atoms with Crippen molar-refractivity contribution < 1.29 is 28.2 Å². The molecule has 2 aliphatic rings. The summed E-state index contributed by atoms with van der Waals surface area (Å²) in [5.41, 5.74) is 0.999. The molecule has 0 bridgehead atoms. The molecule has 2 fully saturated rings. The standard InChI is InChI=1S/C28H31N3O7/c1-35-23-14-21-19(13-25(32)38-22(21)15-24(23)36-2)16-29-11-9-28(10-12-29)27(34)30(17-26(33)37-3)18-31(28)20-7-5-4-6-8-20/h4-8,13-15H,9-12,16-18H2,1-3H3. The minimum Gasteiger partial charge on any atom is -0.493 e. The maximum atomic E-state index is 13.7.